The van der Waals surface area contributed by atoms with E-state index >= 15 is 0 Å². The highest BCUT2D eigenvalue weighted by Gasteiger charge is 2.26. The zero-order valence-electron chi connectivity index (χ0n) is 12.1. The Bertz CT molecular complexity index is 446. The van der Waals surface area contributed by atoms with E-state index in [0.717, 1.165) is 18.5 Å². The van der Waals surface area contributed by atoms with E-state index in [1.807, 2.05) is 0 Å². The quantitative estimate of drug-likeness (QED) is 0.828. The highest BCUT2D eigenvalue weighted by Crippen LogP contribution is 2.31. The van der Waals surface area contributed by atoms with Crippen LogP contribution in [0.5, 0.6) is 0 Å². The normalized spacial score (nSPS) is 16.9. The van der Waals surface area contributed by atoms with Gasteiger partial charge in [0.1, 0.15) is 0 Å². The monoisotopic (exact) mass is 283 g/mol. The van der Waals surface area contributed by atoms with Crippen LogP contribution in [0.4, 0.5) is 8.78 Å². The Hall–Kier alpha value is -1.00. The van der Waals surface area contributed by atoms with E-state index in [0.29, 0.717) is 19.0 Å². The summed E-state index contributed by atoms with van der Waals surface area (Å²) in [6.07, 6.45) is 2.03. The summed E-state index contributed by atoms with van der Waals surface area (Å²) < 4.78 is 26.8. The fraction of sp³-hybridized carbons (Fsp3) is 0.625. The van der Waals surface area contributed by atoms with Gasteiger partial charge >= 0.3 is 0 Å². The molecule has 20 heavy (non-hydrogen) atoms. The molecule has 1 aliphatic rings. The lowest BCUT2D eigenvalue weighted by Crippen LogP contribution is -2.34. The first-order valence-electron chi connectivity index (χ1n) is 7.35. The molecule has 0 aromatic heterocycles. The number of hydrogen-bond acceptors (Lipinski definition) is 2. The summed E-state index contributed by atoms with van der Waals surface area (Å²) in [4.78, 5) is 2.30. The van der Waals surface area contributed by atoms with E-state index in [-0.39, 0.29) is 5.56 Å². The van der Waals surface area contributed by atoms with Gasteiger partial charge in [-0.3, -0.25) is 0 Å². The van der Waals surface area contributed by atoms with Crippen molar-refractivity contribution in [1.82, 2.24) is 4.90 Å². The number of aliphatic hydroxyl groups excluding tert-OH is 1. The number of halogens is 2. The van der Waals surface area contributed by atoms with Crippen LogP contribution in [0, 0.1) is 17.6 Å². The molecule has 2 nitrogen and oxygen atoms in total. The minimum atomic E-state index is -0.953. The number of aliphatic hydroxyl groups is 1. The van der Waals surface area contributed by atoms with Gasteiger partial charge in [-0.25, -0.2) is 8.78 Å². The van der Waals surface area contributed by atoms with Gasteiger partial charge in [-0.2, -0.15) is 0 Å². The topological polar surface area (TPSA) is 23.5 Å². The van der Waals surface area contributed by atoms with Crippen LogP contribution in [0.1, 0.15) is 44.8 Å². The van der Waals surface area contributed by atoms with Crippen LogP contribution in [-0.2, 0) is 0 Å². The van der Waals surface area contributed by atoms with Gasteiger partial charge < -0.3 is 10.0 Å². The molecule has 0 radical (unpaired) electrons. The van der Waals surface area contributed by atoms with Crippen molar-refractivity contribution in [3.05, 3.63) is 35.4 Å². The van der Waals surface area contributed by atoms with Gasteiger partial charge in [0, 0.05) is 24.7 Å². The minimum Gasteiger partial charge on any atom is -0.388 e. The average Bonchev–Trinajstić information content (AvgIpc) is 3.21. The van der Waals surface area contributed by atoms with Crippen molar-refractivity contribution in [2.45, 2.75) is 45.3 Å². The molecule has 1 fully saturated rings. The van der Waals surface area contributed by atoms with E-state index in [1.54, 1.807) is 0 Å². The van der Waals surface area contributed by atoms with E-state index < -0.39 is 17.7 Å². The summed E-state index contributed by atoms with van der Waals surface area (Å²) in [6.45, 7) is 5.98. The fourth-order valence-electron chi connectivity index (χ4n) is 2.41. The molecule has 1 aromatic rings. The zero-order chi connectivity index (χ0) is 14.7. The second kappa shape index (κ2) is 6.64. The SMILES string of the molecule is CC(C)N(CCC(O)c1cccc(F)c1F)CC1CC1. The molecule has 1 atom stereocenters. The molecule has 4 heteroatoms. The predicted octanol–water partition coefficient (Wildman–Crippen LogP) is 3.51. The number of nitrogens with zero attached hydrogens (tertiary/aromatic N) is 1. The van der Waals surface area contributed by atoms with Crippen LogP contribution in [0.3, 0.4) is 0 Å². The molecule has 2 rings (SSSR count). The molecular formula is C16H23F2NO. The molecule has 1 saturated carbocycles. The number of hydrogen-bond donors (Lipinski definition) is 1. The lowest BCUT2D eigenvalue weighted by Gasteiger charge is -2.27. The molecule has 0 saturated heterocycles. The molecule has 112 valence electrons. The average molecular weight is 283 g/mol. The molecule has 0 spiro atoms. The summed E-state index contributed by atoms with van der Waals surface area (Å²) in [5.41, 5.74) is 0.0557. The van der Waals surface area contributed by atoms with Crippen LogP contribution in [-0.4, -0.2) is 29.1 Å². The lowest BCUT2D eigenvalue weighted by atomic mass is 10.0. The first-order chi connectivity index (χ1) is 9.49. The van der Waals surface area contributed by atoms with Crippen molar-refractivity contribution in [3.8, 4) is 0 Å². The van der Waals surface area contributed by atoms with E-state index in [9.17, 15) is 13.9 Å². The van der Waals surface area contributed by atoms with Crippen LogP contribution < -0.4 is 0 Å². The maximum atomic E-state index is 13.6. The third-order valence-electron chi connectivity index (χ3n) is 3.95. The van der Waals surface area contributed by atoms with Crippen molar-refractivity contribution < 1.29 is 13.9 Å². The Balaban J connectivity index is 1.92. The smallest absolute Gasteiger partial charge is 0.164 e. The van der Waals surface area contributed by atoms with Gasteiger partial charge in [0.25, 0.3) is 0 Å². The maximum absolute atomic E-state index is 13.6. The van der Waals surface area contributed by atoms with Crippen molar-refractivity contribution >= 4 is 0 Å². The molecule has 1 unspecified atom stereocenters. The largest absolute Gasteiger partial charge is 0.388 e. The first-order valence-corrected chi connectivity index (χ1v) is 7.35. The third kappa shape index (κ3) is 4.00. The molecule has 0 heterocycles. The Kier molecular flexibility index (Phi) is 5.11. The van der Waals surface area contributed by atoms with Gasteiger partial charge in [0.15, 0.2) is 11.6 Å². The maximum Gasteiger partial charge on any atom is 0.164 e. The predicted molar refractivity (Wildman–Crippen MR) is 75.4 cm³/mol. The Labute approximate surface area is 119 Å². The van der Waals surface area contributed by atoms with Gasteiger partial charge in [-0.05, 0) is 45.1 Å². The van der Waals surface area contributed by atoms with Gasteiger partial charge in [-0.1, -0.05) is 12.1 Å². The standard InChI is InChI=1S/C16H23F2NO/c1-11(2)19(10-12-6-7-12)9-8-15(20)13-4-3-5-14(17)16(13)18/h3-5,11-12,15,20H,6-10H2,1-2H3. The van der Waals surface area contributed by atoms with Crippen molar-refractivity contribution in [2.75, 3.05) is 13.1 Å². The van der Waals surface area contributed by atoms with E-state index in [2.05, 4.69) is 18.7 Å². The van der Waals surface area contributed by atoms with Gasteiger partial charge in [-0.15, -0.1) is 0 Å². The second-order valence-corrected chi connectivity index (χ2v) is 5.98. The highest BCUT2D eigenvalue weighted by molar-refractivity contribution is 5.21. The minimum absolute atomic E-state index is 0.0557. The van der Waals surface area contributed by atoms with Crippen LogP contribution in [0.15, 0.2) is 18.2 Å². The number of rotatable bonds is 7. The van der Waals surface area contributed by atoms with E-state index in [1.165, 1.54) is 25.0 Å². The van der Waals surface area contributed by atoms with Crippen LogP contribution in [0.2, 0.25) is 0 Å². The molecule has 0 aliphatic heterocycles. The van der Waals surface area contributed by atoms with Crippen LogP contribution in [0.25, 0.3) is 0 Å². The summed E-state index contributed by atoms with van der Waals surface area (Å²) in [7, 11) is 0. The Morgan fingerprint density at radius 3 is 2.60 bits per heavy atom. The number of benzene rings is 1. The van der Waals surface area contributed by atoms with Crippen LogP contribution >= 0.6 is 0 Å². The van der Waals surface area contributed by atoms with Crippen molar-refractivity contribution in [3.63, 3.8) is 0 Å². The molecule has 1 aliphatic carbocycles. The summed E-state index contributed by atoms with van der Waals surface area (Å²) in [5, 5.41) is 10.1. The molecule has 0 bridgehead atoms. The summed E-state index contributed by atoms with van der Waals surface area (Å²) >= 11 is 0. The fourth-order valence-corrected chi connectivity index (χ4v) is 2.41. The Morgan fingerprint density at radius 1 is 1.30 bits per heavy atom. The first kappa shape index (κ1) is 15.4. The third-order valence-corrected chi connectivity index (χ3v) is 3.95. The summed E-state index contributed by atoms with van der Waals surface area (Å²) in [6, 6.07) is 4.35. The zero-order valence-corrected chi connectivity index (χ0v) is 12.1. The van der Waals surface area contributed by atoms with Gasteiger partial charge in [0.2, 0.25) is 0 Å². The van der Waals surface area contributed by atoms with Crippen molar-refractivity contribution in [1.29, 1.82) is 0 Å². The molecular weight excluding hydrogens is 260 g/mol. The molecule has 1 N–H and O–H groups in total. The second-order valence-electron chi connectivity index (χ2n) is 5.98. The summed E-state index contributed by atoms with van der Waals surface area (Å²) in [5.74, 6) is -1.06. The Morgan fingerprint density at radius 2 is 2.00 bits per heavy atom. The van der Waals surface area contributed by atoms with Crippen molar-refractivity contribution in [2.24, 2.45) is 5.92 Å². The molecule has 0 amide bonds. The van der Waals surface area contributed by atoms with Gasteiger partial charge in [0.05, 0.1) is 6.10 Å². The van der Waals surface area contributed by atoms with E-state index in [4.69, 9.17) is 0 Å². The lowest BCUT2D eigenvalue weighted by molar-refractivity contribution is 0.124. The highest BCUT2D eigenvalue weighted by atomic mass is 19.2. The molecule has 1 aromatic carbocycles.